The van der Waals surface area contributed by atoms with Gasteiger partial charge in [-0.15, -0.1) is 0 Å². The second kappa shape index (κ2) is 6.06. The molecule has 1 rings (SSSR count). The SMILES string of the molecule is CNC(CCC(C)(C)C)c1ccc(S(C)(=O)=O)cc1. The van der Waals surface area contributed by atoms with Gasteiger partial charge in [-0.05, 0) is 43.0 Å². The first-order valence-electron chi connectivity index (χ1n) is 6.61. The van der Waals surface area contributed by atoms with Crippen LogP contribution in [0.5, 0.6) is 0 Å². The molecule has 1 aromatic carbocycles. The van der Waals surface area contributed by atoms with Crippen LogP contribution in [-0.4, -0.2) is 21.7 Å². The van der Waals surface area contributed by atoms with Crippen LogP contribution in [0.2, 0.25) is 0 Å². The van der Waals surface area contributed by atoms with Crippen LogP contribution in [-0.2, 0) is 9.84 Å². The van der Waals surface area contributed by atoms with Crippen molar-refractivity contribution >= 4 is 9.84 Å². The van der Waals surface area contributed by atoms with Crippen LogP contribution < -0.4 is 5.32 Å². The van der Waals surface area contributed by atoms with Gasteiger partial charge >= 0.3 is 0 Å². The van der Waals surface area contributed by atoms with E-state index >= 15 is 0 Å². The fourth-order valence-corrected chi connectivity index (χ4v) is 2.63. The van der Waals surface area contributed by atoms with Crippen LogP contribution >= 0.6 is 0 Å². The monoisotopic (exact) mass is 283 g/mol. The van der Waals surface area contributed by atoms with Gasteiger partial charge in [-0.2, -0.15) is 0 Å². The van der Waals surface area contributed by atoms with Crippen molar-refractivity contribution in [2.45, 2.75) is 44.6 Å². The van der Waals surface area contributed by atoms with Crippen LogP contribution in [0.1, 0.15) is 45.2 Å². The minimum absolute atomic E-state index is 0.271. The number of sulfone groups is 1. The molecule has 3 nitrogen and oxygen atoms in total. The number of nitrogens with one attached hydrogen (secondary N) is 1. The predicted molar refractivity (Wildman–Crippen MR) is 80.0 cm³/mol. The zero-order valence-corrected chi connectivity index (χ0v) is 13.3. The Morgan fingerprint density at radius 3 is 2.05 bits per heavy atom. The highest BCUT2D eigenvalue weighted by Gasteiger charge is 2.16. The van der Waals surface area contributed by atoms with E-state index in [4.69, 9.17) is 0 Å². The zero-order valence-electron chi connectivity index (χ0n) is 12.5. The Morgan fingerprint density at radius 2 is 1.68 bits per heavy atom. The maximum Gasteiger partial charge on any atom is 0.175 e. The van der Waals surface area contributed by atoms with Gasteiger partial charge in [0.2, 0.25) is 0 Å². The molecule has 1 unspecified atom stereocenters. The van der Waals surface area contributed by atoms with Crippen LogP contribution in [0.3, 0.4) is 0 Å². The molecule has 1 atom stereocenters. The molecule has 0 aliphatic heterocycles. The lowest BCUT2D eigenvalue weighted by Gasteiger charge is -2.23. The predicted octanol–water partition coefficient (Wildman–Crippen LogP) is 3.18. The summed E-state index contributed by atoms with van der Waals surface area (Å²) in [5, 5.41) is 3.30. The fraction of sp³-hybridized carbons (Fsp3) is 0.600. The fourth-order valence-electron chi connectivity index (χ4n) is 2.00. The molecular formula is C15H25NO2S. The van der Waals surface area contributed by atoms with Crippen molar-refractivity contribution in [3.05, 3.63) is 29.8 Å². The van der Waals surface area contributed by atoms with Gasteiger partial charge in [-0.3, -0.25) is 0 Å². The first-order valence-corrected chi connectivity index (χ1v) is 8.50. The quantitative estimate of drug-likeness (QED) is 0.903. The number of hydrogen-bond donors (Lipinski definition) is 1. The average molecular weight is 283 g/mol. The van der Waals surface area contributed by atoms with E-state index in [0.717, 1.165) is 18.4 Å². The largest absolute Gasteiger partial charge is 0.313 e. The van der Waals surface area contributed by atoms with Gasteiger partial charge < -0.3 is 5.32 Å². The molecule has 4 heteroatoms. The lowest BCUT2D eigenvalue weighted by Crippen LogP contribution is -2.19. The van der Waals surface area contributed by atoms with Crippen molar-refractivity contribution in [1.82, 2.24) is 5.32 Å². The minimum Gasteiger partial charge on any atom is -0.313 e. The maximum absolute atomic E-state index is 11.4. The first-order chi connectivity index (χ1) is 8.63. The van der Waals surface area contributed by atoms with Gasteiger partial charge in [0.15, 0.2) is 9.84 Å². The number of hydrogen-bond acceptors (Lipinski definition) is 3. The minimum atomic E-state index is -3.11. The third kappa shape index (κ3) is 5.33. The number of benzene rings is 1. The van der Waals surface area contributed by atoms with Crippen molar-refractivity contribution in [3.63, 3.8) is 0 Å². The molecule has 0 fully saturated rings. The summed E-state index contributed by atoms with van der Waals surface area (Å²) >= 11 is 0. The van der Waals surface area contributed by atoms with E-state index in [2.05, 4.69) is 26.1 Å². The Bertz CT molecular complexity index is 498. The molecule has 0 aromatic heterocycles. The average Bonchev–Trinajstić information content (AvgIpc) is 2.28. The van der Waals surface area contributed by atoms with Crippen LogP contribution in [0.25, 0.3) is 0 Å². The standard InChI is InChI=1S/C15H25NO2S/c1-15(2,3)11-10-14(16-4)12-6-8-13(9-7-12)19(5,17)18/h6-9,14,16H,10-11H2,1-5H3. The highest BCUT2D eigenvalue weighted by atomic mass is 32.2. The second-order valence-corrected chi connectivity index (χ2v) is 8.30. The summed E-state index contributed by atoms with van der Waals surface area (Å²) in [6, 6.07) is 7.45. The molecule has 0 aliphatic carbocycles. The third-order valence-corrected chi connectivity index (χ3v) is 4.37. The molecule has 0 bridgehead atoms. The molecule has 1 aromatic rings. The normalized spacial score (nSPS) is 14.4. The van der Waals surface area contributed by atoms with E-state index < -0.39 is 9.84 Å². The summed E-state index contributed by atoms with van der Waals surface area (Å²) in [4.78, 5) is 0.377. The molecule has 0 amide bonds. The summed E-state index contributed by atoms with van der Waals surface area (Å²) in [6.45, 7) is 6.69. The topological polar surface area (TPSA) is 46.2 Å². The molecule has 0 saturated carbocycles. The van der Waals surface area contributed by atoms with Gasteiger partial charge in [0.1, 0.15) is 0 Å². The molecule has 0 saturated heterocycles. The molecule has 19 heavy (non-hydrogen) atoms. The van der Waals surface area contributed by atoms with Crippen molar-refractivity contribution < 1.29 is 8.42 Å². The second-order valence-electron chi connectivity index (χ2n) is 6.28. The van der Waals surface area contributed by atoms with E-state index in [1.807, 2.05) is 19.2 Å². The molecule has 108 valence electrons. The lowest BCUT2D eigenvalue weighted by atomic mass is 9.87. The first kappa shape index (κ1) is 16.2. The van der Waals surface area contributed by atoms with Crippen LogP contribution in [0, 0.1) is 5.41 Å². The molecule has 0 aliphatic rings. The van der Waals surface area contributed by atoms with E-state index in [1.165, 1.54) is 6.26 Å². The summed E-state index contributed by atoms with van der Waals surface area (Å²) in [5.74, 6) is 0. The Hall–Kier alpha value is -0.870. The van der Waals surface area contributed by atoms with Crippen LogP contribution in [0.4, 0.5) is 0 Å². The molecule has 1 N–H and O–H groups in total. The lowest BCUT2D eigenvalue weighted by molar-refractivity contribution is 0.338. The Morgan fingerprint density at radius 1 is 1.16 bits per heavy atom. The zero-order chi connectivity index (χ0) is 14.7. The third-order valence-electron chi connectivity index (χ3n) is 3.24. The Balaban J connectivity index is 2.83. The van der Waals surface area contributed by atoms with Crippen LogP contribution in [0.15, 0.2) is 29.2 Å². The molecule has 0 heterocycles. The van der Waals surface area contributed by atoms with Gasteiger partial charge in [0, 0.05) is 12.3 Å². The highest BCUT2D eigenvalue weighted by molar-refractivity contribution is 7.90. The van der Waals surface area contributed by atoms with Gasteiger partial charge in [0.05, 0.1) is 4.90 Å². The van der Waals surface area contributed by atoms with Crippen molar-refractivity contribution in [3.8, 4) is 0 Å². The van der Waals surface area contributed by atoms with E-state index in [1.54, 1.807) is 12.1 Å². The van der Waals surface area contributed by atoms with Gasteiger partial charge in [0.25, 0.3) is 0 Å². The Labute approximate surface area is 117 Å². The van der Waals surface area contributed by atoms with E-state index in [0.29, 0.717) is 10.3 Å². The summed E-state index contributed by atoms with van der Waals surface area (Å²) in [5.41, 5.74) is 1.45. The molecule has 0 spiro atoms. The summed E-state index contributed by atoms with van der Waals surface area (Å²) < 4.78 is 22.9. The van der Waals surface area contributed by atoms with Gasteiger partial charge in [-0.25, -0.2) is 8.42 Å². The highest BCUT2D eigenvalue weighted by Crippen LogP contribution is 2.27. The summed E-state index contributed by atoms with van der Waals surface area (Å²) in [6.07, 6.45) is 3.39. The number of rotatable bonds is 5. The molecule has 0 radical (unpaired) electrons. The van der Waals surface area contributed by atoms with E-state index in [-0.39, 0.29) is 6.04 Å². The summed E-state index contributed by atoms with van der Waals surface area (Å²) in [7, 11) is -1.17. The van der Waals surface area contributed by atoms with Crippen molar-refractivity contribution in [2.75, 3.05) is 13.3 Å². The molecular weight excluding hydrogens is 258 g/mol. The smallest absolute Gasteiger partial charge is 0.175 e. The van der Waals surface area contributed by atoms with E-state index in [9.17, 15) is 8.42 Å². The van der Waals surface area contributed by atoms with Gasteiger partial charge in [-0.1, -0.05) is 32.9 Å². The maximum atomic E-state index is 11.4. The van der Waals surface area contributed by atoms with Crippen molar-refractivity contribution in [1.29, 1.82) is 0 Å². The van der Waals surface area contributed by atoms with Crippen molar-refractivity contribution in [2.24, 2.45) is 5.41 Å². The Kier molecular flexibility index (Phi) is 5.16.